The number of nitriles is 1. The fraction of sp³-hybridized carbons (Fsp3) is 0.462. The fourth-order valence-electron chi connectivity index (χ4n) is 2.32. The molecule has 112 valence electrons. The van der Waals surface area contributed by atoms with E-state index in [4.69, 9.17) is 5.26 Å². The van der Waals surface area contributed by atoms with Gasteiger partial charge in [-0.2, -0.15) is 9.57 Å². The maximum absolute atomic E-state index is 12.5. The van der Waals surface area contributed by atoms with Gasteiger partial charge < -0.3 is 4.74 Å². The minimum Gasteiger partial charge on any atom is -0.469 e. The first-order valence-corrected chi connectivity index (χ1v) is 7.87. The summed E-state index contributed by atoms with van der Waals surface area (Å²) in [6, 6.07) is 4.64. The molecule has 1 fully saturated rings. The van der Waals surface area contributed by atoms with E-state index in [1.165, 1.54) is 29.7 Å². The third kappa shape index (κ3) is 3.04. The average molecular weight is 309 g/mol. The van der Waals surface area contributed by atoms with Gasteiger partial charge >= 0.3 is 5.97 Å². The number of carbonyl (C=O) groups excluding carboxylic acids is 1. The largest absolute Gasteiger partial charge is 0.469 e. The summed E-state index contributed by atoms with van der Waals surface area (Å²) in [5, 5.41) is 8.97. The third-order valence-corrected chi connectivity index (χ3v) is 5.41. The maximum atomic E-state index is 12.5. The van der Waals surface area contributed by atoms with Crippen LogP contribution in [0.2, 0.25) is 0 Å². The van der Waals surface area contributed by atoms with Crippen molar-refractivity contribution in [3.63, 3.8) is 0 Å². The van der Waals surface area contributed by atoms with Gasteiger partial charge in [-0.05, 0) is 25.0 Å². The van der Waals surface area contributed by atoms with Crippen LogP contribution in [-0.2, 0) is 19.6 Å². The standard InChI is InChI=1S/C13H15N3O4S/c1-20-13(17)10-4-7-16(8-5-10)21(18,19)12-3-2-6-15-11(12)9-14/h2-3,6,10H,4-5,7-8H2,1H3. The number of piperidine rings is 1. The van der Waals surface area contributed by atoms with Crippen LogP contribution in [0.1, 0.15) is 18.5 Å². The predicted molar refractivity (Wildman–Crippen MR) is 72.5 cm³/mol. The Labute approximate surface area is 123 Å². The highest BCUT2D eigenvalue weighted by molar-refractivity contribution is 7.89. The molecule has 0 unspecified atom stereocenters. The molecule has 0 aliphatic carbocycles. The lowest BCUT2D eigenvalue weighted by molar-refractivity contribution is -0.146. The summed E-state index contributed by atoms with van der Waals surface area (Å²) in [6.07, 6.45) is 2.20. The molecule has 1 aromatic heterocycles. The molecule has 1 aliphatic rings. The topological polar surface area (TPSA) is 100 Å². The molecule has 0 saturated carbocycles. The number of methoxy groups -OCH3 is 1. The second kappa shape index (κ2) is 6.20. The van der Waals surface area contributed by atoms with Crippen LogP contribution in [0.25, 0.3) is 0 Å². The van der Waals surface area contributed by atoms with Gasteiger partial charge in [0.25, 0.3) is 0 Å². The summed E-state index contributed by atoms with van der Waals surface area (Å²) in [5.74, 6) is -0.586. The van der Waals surface area contributed by atoms with E-state index in [-0.39, 0.29) is 35.6 Å². The Morgan fingerprint density at radius 2 is 2.14 bits per heavy atom. The summed E-state index contributed by atoms with van der Waals surface area (Å²) in [7, 11) is -2.44. The molecule has 0 aromatic carbocycles. The lowest BCUT2D eigenvalue weighted by Gasteiger charge is -2.29. The van der Waals surface area contributed by atoms with Gasteiger partial charge in [0.2, 0.25) is 10.0 Å². The zero-order valence-electron chi connectivity index (χ0n) is 11.5. The van der Waals surface area contributed by atoms with Crippen LogP contribution in [0.15, 0.2) is 23.2 Å². The van der Waals surface area contributed by atoms with E-state index in [9.17, 15) is 13.2 Å². The van der Waals surface area contributed by atoms with E-state index in [1.54, 1.807) is 6.07 Å². The number of aromatic nitrogens is 1. The molecule has 0 N–H and O–H groups in total. The van der Waals surface area contributed by atoms with E-state index in [1.807, 2.05) is 0 Å². The minimum atomic E-state index is -3.76. The predicted octanol–water partition coefficient (Wildman–Crippen LogP) is 0.527. The maximum Gasteiger partial charge on any atom is 0.308 e. The molecule has 1 aromatic rings. The molecule has 0 radical (unpaired) electrons. The summed E-state index contributed by atoms with van der Waals surface area (Å²) >= 11 is 0. The molecule has 21 heavy (non-hydrogen) atoms. The molecule has 7 nitrogen and oxygen atoms in total. The van der Waals surface area contributed by atoms with Crippen molar-refractivity contribution in [2.24, 2.45) is 5.92 Å². The molecule has 0 bridgehead atoms. The van der Waals surface area contributed by atoms with Gasteiger partial charge in [0.05, 0.1) is 13.0 Å². The van der Waals surface area contributed by atoms with Crippen molar-refractivity contribution >= 4 is 16.0 Å². The van der Waals surface area contributed by atoms with Crippen LogP contribution in [0.5, 0.6) is 0 Å². The number of sulfonamides is 1. The van der Waals surface area contributed by atoms with Crippen molar-refractivity contribution in [1.82, 2.24) is 9.29 Å². The monoisotopic (exact) mass is 309 g/mol. The summed E-state index contributed by atoms with van der Waals surface area (Å²) in [5.41, 5.74) is -0.118. The van der Waals surface area contributed by atoms with E-state index in [0.29, 0.717) is 12.8 Å². The highest BCUT2D eigenvalue weighted by Gasteiger charge is 2.33. The molecule has 8 heteroatoms. The van der Waals surface area contributed by atoms with Crippen LogP contribution < -0.4 is 0 Å². The number of ether oxygens (including phenoxy) is 1. The van der Waals surface area contributed by atoms with Gasteiger partial charge in [0, 0.05) is 19.3 Å². The van der Waals surface area contributed by atoms with Gasteiger partial charge in [-0.15, -0.1) is 0 Å². The number of esters is 1. The summed E-state index contributed by atoms with van der Waals surface area (Å²) in [6.45, 7) is 0.448. The van der Waals surface area contributed by atoms with Gasteiger partial charge in [-0.3, -0.25) is 4.79 Å². The smallest absolute Gasteiger partial charge is 0.308 e. The van der Waals surface area contributed by atoms with Crippen molar-refractivity contribution in [2.45, 2.75) is 17.7 Å². The number of carbonyl (C=O) groups is 1. The lowest BCUT2D eigenvalue weighted by atomic mass is 9.99. The first-order valence-electron chi connectivity index (χ1n) is 6.43. The van der Waals surface area contributed by atoms with Crippen LogP contribution in [0, 0.1) is 17.2 Å². The summed E-state index contributed by atoms with van der Waals surface area (Å²) < 4.78 is 31.0. The molecule has 2 heterocycles. The van der Waals surface area contributed by atoms with Crippen molar-refractivity contribution in [3.8, 4) is 6.07 Å². The molecule has 1 aliphatic heterocycles. The highest BCUT2D eigenvalue weighted by Crippen LogP contribution is 2.25. The van der Waals surface area contributed by atoms with E-state index in [2.05, 4.69) is 9.72 Å². The Bertz CT molecular complexity index is 673. The van der Waals surface area contributed by atoms with Crippen LogP contribution in [-0.4, -0.2) is 43.9 Å². The molecule has 0 spiro atoms. The lowest BCUT2D eigenvalue weighted by Crippen LogP contribution is -2.40. The van der Waals surface area contributed by atoms with Crippen LogP contribution in [0.4, 0.5) is 0 Å². The van der Waals surface area contributed by atoms with Crippen molar-refractivity contribution < 1.29 is 17.9 Å². The second-order valence-corrected chi connectivity index (χ2v) is 6.57. The van der Waals surface area contributed by atoms with Crippen molar-refractivity contribution in [2.75, 3.05) is 20.2 Å². The molecular weight excluding hydrogens is 294 g/mol. The molecule has 0 amide bonds. The van der Waals surface area contributed by atoms with Crippen LogP contribution in [0.3, 0.4) is 0 Å². The number of hydrogen-bond acceptors (Lipinski definition) is 6. The zero-order chi connectivity index (χ0) is 15.5. The Hall–Kier alpha value is -1.98. The number of pyridine rings is 1. The summed E-state index contributed by atoms with van der Waals surface area (Å²) in [4.78, 5) is 15.1. The van der Waals surface area contributed by atoms with Gasteiger partial charge in [0.1, 0.15) is 11.0 Å². The van der Waals surface area contributed by atoms with Gasteiger partial charge in [-0.25, -0.2) is 13.4 Å². The zero-order valence-corrected chi connectivity index (χ0v) is 12.3. The first kappa shape index (κ1) is 15.4. The number of rotatable bonds is 3. The van der Waals surface area contributed by atoms with Gasteiger partial charge in [-0.1, -0.05) is 0 Å². The highest BCUT2D eigenvalue weighted by atomic mass is 32.2. The van der Waals surface area contributed by atoms with Crippen molar-refractivity contribution in [3.05, 3.63) is 24.0 Å². The Morgan fingerprint density at radius 3 is 2.71 bits per heavy atom. The number of nitrogens with zero attached hydrogens (tertiary/aromatic N) is 3. The van der Waals surface area contributed by atoms with E-state index >= 15 is 0 Å². The molecule has 0 atom stereocenters. The average Bonchev–Trinajstić information content (AvgIpc) is 2.54. The Morgan fingerprint density at radius 1 is 1.48 bits per heavy atom. The normalized spacial score (nSPS) is 17.1. The quantitative estimate of drug-likeness (QED) is 0.755. The third-order valence-electron chi connectivity index (χ3n) is 3.48. The van der Waals surface area contributed by atoms with Crippen molar-refractivity contribution in [1.29, 1.82) is 5.26 Å². The second-order valence-electron chi connectivity index (χ2n) is 4.66. The van der Waals surface area contributed by atoms with Crippen LogP contribution >= 0.6 is 0 Å². The Balaban J connectivity index is 2.19. The molecule has 1 saturated heterocycles. The Kier molecular flexibility index (Phi) is 4.55. The van der Waals surface area contributed by atoms with E-state index in [0.717, 1.165) is 0 Å². The molecular formula is C13H15N3O4S. The number of hydrogen-bond donors (Lipinski definition) is 0. The fourth-order valence-corrected chi connectivity index (χ4v) is 3.88. The molecule has 2 rings (SSSR count). The SMILES string of the molecule is COC(=O)C1CCN(S(=O)(=O)c2cccnc2C#N)CC1. The van der Waals surface area contributed by atoms with Gasteiger partial charge in [0.15, 0.2) is 5.69 Å². The van der Waals surface area contributed by atoms with E-state index < -0.39 is 10.0 Å². The minimum absolute atomic E-state index is 0.0935. The first-order chi connectivity index (χ1) is 10.0.